The fraction of sp³-hybridized carbons (Fsp3) is 0.909. The van der Waals surface area contributed by atoms with Crippen LogP contribution in [0.25, 0.3) is 0 Å². The smallest absolute Gasteiger partial charge is 0.308 e. The van der Waals surface area contributed by atoms with Gasteiger partial charge in [0.05, 0.1) is 19.6 Å². The molecule has 0 aromatic heterocycles. The number of carbonyl (C=O) groups is 1. The van der Waals surface area contributed by atoms with Crippen molar-refractivity contribution in [1.29, 1.82) is 0 Å². The number of methoxy groups -OCH3 is 1. The molecule has 84 valence electrons. The lowest BCUT2D eigenvalue weighted by Crippen LogP contribution is -2.19. The molecule has 0 saturated carbocycles. The van der Waals surface area contributed by atoms with E-state index in [-0.39, 0.29) is 12.1 Å². The second-order valence-electron chi connectivity index (χ2n) is 3.86. The lowest BCUT2D eigenvalue weighted by molar-refractivity contribution is -0.143. The Labute approximate surface area is 86.8 Å². The van der Waals surface area contributed by atoms with Crippen LogP contribution < -0.4 is 0 Å². The first kappa shape index (κ1) is 13.4. The first-order valence-electron chi connectivity index (χ1n) is 5.28. The highest BCUT2D eigenvalue weighted by atomic mass is 16.5. The minimum atomic E-state index is -0.193. The number of ether oxygens (including phenoxy) is 2. The van der Waals surface area contributed by atoms with Gasteiger partial charge in [0, 0.05) is 6.61 Å². The fourth-order valence-corrected chi connectivity index (χ4v) is 1.06. The van der Waals surface area contributed by atoms with E-state index in [1.807, 2.05) is 6.92 Å². The van der Waals surface area contributed by atoms with Crippen molar-refractivity contribution < 1.29 is 14.3 Å². The third-order valence-electron chi connectivity index (χ3n) is 2.13. The molecular formula is C11H22O3. The van der Waals surface area contributed by atoms with Gasteiger partial charge < -0.3 is 9.47 Å². The summed E-state index contributed by atoms with van der Waals surface area (Å²) in [5, 5.41) is 0. The second kappa shape index (κ2) is 7.80. The van der Waals surface area contributed by atoms with Crippen LogP contribution in [0.15, 0.2) is 0 Å². The standard InChI is InChI=1S/C11H22O3/c1-5-10(8-11(12)13-4)14-7-6-9(2)3/h9-10H,5-8H2,1-4H3. The van der Waals surface area contributed by atoms with Gasteiger partial charge in [-0.05, 0) is 18.8 Å². The van der Waals surface area contributed by atoms with Gasteiger partial charge in [0.15, 0.2) is 0 Å². The van der Waals surface area contributed by atoms with Gasteiger partial charge in [0.2, 0.25) is 0 Å². The van der Waals surface area contributed by atoms with E-state index in [0.717, 1.165) is 19.4 Å². The van der Waals surface area contributed by atoms with Crippen LogP contribution >= 0.6 is 0 Å². The first-order valence-corrected chi connectivity index (χ1v) is 5.28. The molecule has 0 spiro atoms. The van der Waals surface area contributed by atoms with Crippen molar-refractivity contribution in [2.75, 3.05) is 13.7 Å². The third-order valence-corrected chi connectivity index (χ3v) is 2.13. The van der Waals surface area contributed by atoms with E-state index in [1.165, 1.54) is 7.11 Å². The maximum Gasteiger partial charge on any atom is 0.308 e. The van der Waals surface area contributed by atoms with Crippen molar-refractivity contribution in [2.45, 2.75) is 46.1 Å². The molecule has 0 N–H and O–H groups in total. The molecule has 0 aromatic rings. The molecule has 0 amide bonds. The molecule has 3 nitrogen and oxygen atoms in total. The minimum absolute atomic E-state index is 0.0150. The molecule has 0 radical (unpaired) electrons. The average molecular weight is 202 g/mol. The predicted octanol–water partition coefficient (Wildman–Crippen LogP) is 2.39. The van der Waals surface area contributed by atoms with Gasteiger partial charge in [-0.1, -0.05) is 20.8 Å². The molecule has 1 atom stereocenters. The quantitative estimate of drug-likeness (QED) is 0.595. The van der Waals surface area contributed by atoms with Crippen molar-refractivity contribution in [1.82, 2.24) is 0 Å². The molecule has 0 aromatic carbocycles. The first-order chi connectivity index (χ1) is 6.60. The number of rotatable bonds is 7. The number of carbonyl (C=O) groups excluding carboxylic acids is 1. The van der Waals surface area contributed by atoms with Crippen LogP contribution in [0.3, 0.4) is 0 Å². The van der Waals surface area contributed by atoms with E-state index >= 15 is 0 Å². The summed E-state index contributed by atoms with van der Waals surface area (Å²) in [5.41, 5.74) is 0. The Hall–Kier alpha value is -0.570. The van der Waals surface area contributed by atoms with E-state index in [1.54, 1.807) is 0 Å². The lowest BCUT2D eigenvalue weighted by Gasteiger charge is -2.15. The van der Waals surface area contributed by atoms with Gasteiger partial charge in [-0.25, -0.2) is 0 Å². The molecule has 0 saturated heterocycles. The van der Waals surface area contributed by atoms with Gasteiger partial charge in [-0.3, -0.25) is 4.79 Å². The van der Waals surface area contributed by atoms with Gasteiger partial charge in [0.1, 0.15) is 0 Å². The van der Waals surface area contributed by atoms with Crippen LogP contribution in [-0.4, -0.2) is 25.8 Å². The molecule has 0 fully saturated rings. The molecule has 0 aliphatic rings. The number of hydrogen-bond acceptors (Lipinski definition) is 3. The van der Waals surface area contributed by atoms with Crippen molar-refractivity contribution >= 4 is 5.97 Å². The maximum absolute atomic E-state index is 11.0. The molecule has 0 heterocycles. The van der Waals surface area contributed by atoms with Crippen LogP contribution in [0, 0.1) is 5.92 Å². The highest BCUT2D eigenvalue weighted by molar-refractivity contribution is 5.69. The van der Waals surface area contributed by atoms with E-state index in [9.17, 15) is 4.79 Å². The van der Waals surface area contributed by atoms with E-state index in [0.29, 0.717) is 12.3 Å². The van der Waals surface area contributed by atoms with E-state index < -0.39 is 0 Å². The van der Waals surface area contributed by atoms with Crippen LogP contribution in [0.2, 0.25) is 0 Å². The summed E-state index contributed by atoms with van der Waals surface area (Å²) in [6.45, 7) is 7.06. The molecule has 1 unspecified atom stereocenters. The molecule has 0 rings (SSSR count). The summed E-state index contributed by atoms with van der Waals surface area (Å²) >= 11 is 0. The van der Waals surface area contributed by atoms with Gasteiger partial charge >= 0.3 is 5.97 Å². The van der Waals surface area contributed by atoms with Gasteiger partial charge in [-0.2, -0.15) is 0 Å². The highest BCUT2D eigenvalue weighted by Gasteiger charge is 2.12. The van der Waals surface area contributed by atoms with Crippen LogP contribution in [-0.2, 0) is 14.3 Å². The Morgan fingerprint density at radius 1 is 1.36 bits per heavy atom. The summed E-state index contributed by atoms with van der Waals surface area (Å²) in [6, 6.07) is 0. The van der Waals surface area contributed by atoms with Crippen molar-refractivity contribution in [3.05, 3.63) is 0 Å². The highest BCUT2D eigenvalue weighted by Crippen LogP contribution is 2.07. The maximum atomic E-state index is 11.0. The zero-order valence-electron chi connectivity index (χ0n) is 9.71. The SMILES string of the molecule is CCC(CC(=O)OC)OCCC(C)C. The van der Waals surface area contributed by atoms with Crippen LogP contribution in [0.4, 0.5) is 0 Å². The van der Waals surface area contributed by atoms with Crippen LogP contribution in [0.5, 0.6) is 0 Å². The Bertz CT molecular complexity index is 155. The molecule has 14 heavy (non-hydrogen) atoms. The second-order valence-corrected chi connectivity index (χ2v) is 3.86. The van der Waals surface area contributed by atoms with Crippen molar-refractivity contribution in [3.8, 4) is 0 Å². The van der Waals surface area contributed by atoms with Gasteiger partial charge in [0.25, 0.3) is 0 Å². The summed E-state index contributed by atoms with van der Waals surface area (Å²) in [4.78, 5) is 11.0. The summed E-state index contributed by atoms with van der Waals surface area (Å²) in [7, 11) is 1.41. The molecular weight excluding hydrogens is 180 g/mol. The molecule has 0 aliphatic carbocycles. The Morgan fingerprint density at radius 3 is 2.43 bits per heavy atom. The largest absolute Gasteiger partial charge is 0.469 e. The topological polar surface area (TPSA) is 35.5 Å². The summed E-state index contributed by atoms with van der Waals surface area (Å²) in [5.74, 6) is 0.451. The monoisotopic (exact) mass is 202 g/mol. The Kier molecular flexibility index (Phi) is 7.48. The third kappa shape index (κ3) is 6.89. The van der Waals surface area contributed by atoms with E-state index in [4.69, 9.17) is 4.74 Å². The Balaban J connectivity index is 3.63. The normalized spacial score (nSPS) is 12.9. The van der Waals surface area contributed by atoms with E-state index in [2.05, 4.69) is 18.6 Å². The van der Waals surface area contributed by atoms with Crippen molar-refractivity contribution in [3.63, 3.8) is 0 Å². The zero-order chi connectivity index (χ0) is 11.0. The Morgan fingerprint density at radius 2 is 2.00 bits per heavy atom. The average Bonchev–Trinajstić information content (AvgIpc) is 2.15. The predicted molar refractivity (Wildman–Crippen MR) is 56.1 cm³/mol. The zero-order valence-corrected chi connectivity index (χ0v) is 9.71. The fourth-order valence-electron chi connectivity index (χ4n) is 1.06. The number of hydrogen-bond donors (Lipinski definition) is 0. The van der Waals surface area contributed by atoms with Crippen molar-refractivity contribution in [2.24, 2.45) is 5.92 Å². The number of esters is 1. The molecule has 0 bridgehead atoms. The minimum Gasteiger partial charge on any atom is -0.469 e. The van der Waals surface area contributed by atoms with Gasteiger partial charge in [-0.15, -0.1) is 0 Å². The molecule has 0 aliphatic heterocycles. The lowest BCUT2D eigenvalue weighted by atomic mass is 10.1. The molecule has 3 heteroatoms. The van der Waals surface area contributed by atoms with Crippen LogP contribution in [0.1, 0.15) is 40.0 Å². The summed E-state index contributed by atoms with van der Waals surface area (Å²) in [6.07, 6.45) is 2.27. The summed E-state index contributed by atoms with van der Waals surface area (Å²) < 4.78 is 10.2.